The molecule has 4 heteroatoms. The molecule has 1 fully saturated rings. The first kappa shape index (κ1) is 9.12. The maximum Gasteiger partial charge on any atom is 0.396 e. The molecule has 1 aromatic carbocycles. The molecular formula is C11H10O3S. The molecule has 0 atom stereocenters. The second-order valence-corrected chi connectivity index (χ2v) is 5.05. The molecule has 1 aromatic heterocycles. The zero-order valence-electron chi connectivity index (χ0n) is 8.03. The first-order chi connectivity index (χ1) is 7.16. The van der Waals surface area contributed by atoms with Crippen molar-refractivity contribution in [3.8, 4) is 0 Å². The molecule has 0 amide bonds. The van der Waals surface area contributed by atoms with Crippen molar-refractivity contribution in [2.24, 2.45) is 0 Å². The van der Waals surface area contributed by atoms with Crippen LogP contribution in [0.25, 0.3) is 10.3 Å². The van der Waals surface area contributed by atoms with Gasteiger partial charge in [0.25, 0.3) is 0 Å². The summed E-state index contributed by atoms with van der Waals surface area (Å²) in [5.74, 6) is 0. The molecule has 0 saturated heterocycles. The maximum atomic E-state index is 11.1. The summed E-state index contributed by atoms with van der Waals surface area (Å²) in [6, 6.07) is 5.59. The van der Waals surface area contributed by atoms with Gasteiger partial charge in [-0.25, -0.2) is 4.79 Å². The molecule has 1 N–H and O–H groups in total. The van der Waals surface area contributed by atoms with Gasteiger partial charge in [-0.1, -0.05) is 23.5 Å². The van der Waals surface area contributed by atoms with E-state index in [4.69, 9.17) is 4.42 Å². The van der Waals surface area contributed by atoms with E-state index >= 15 is 0 Å². The summed E-state index contributed by atoms with van der Waals surface area (Å²) in [5, 5.41) is 9.84. The fourth-order valence-corrected chi connectivity index (χ4v) is 2.55. The van der Waals surface area contributed by atoms with Crippen LogP contribution in [0.2, 0.25) is 0 Å². The lowest BCUT2D eigenvalue weighted by atomic mass is 10.1. The van der Waals surface area contributed by atoms with Crippen molar-refractivity contribution in [2.45, 2.75) is 24.9 Å². The van der Waals surface area contributed by atoms with Gasteiger partial charge in [0.2, 0.25) is 0 Å². The molecule has 0 radical (unpaired) electrons. The van der Waals surface area contributed by atoms with E-state index in [-0.39, 0.29) is 4.94 Å². The summed E-state index contributed by atoms with van der Waals surface area (Å²) in [6.45, 7) is 0. The predicted molar refractivity (Wildman–Crippen MR) is 58.2 cm³/mol. The predicted octanol–water partition coefficient (Wildman–Crippen LogP) is 1.92. The Labute approximate surface area is 90.0 Å². The number of hydrogen-bond acceptors (Lipinski definition) is 4. The third-order valence-corrected chi connectivity index (χ3v) is 3.70. The SMILES string of the molecule is O=c1oc2cccc(CC3(O)CC3)c2s1. The lowest BCUT2D eigenvalue weighted by molar-refractivity contribution is 0.151. The monoisotopic (exact) mass is 222 g/mol. The van der Waals surface area contributed by atoms with Crippen molar-refractivity contribution in [2.75, 3.05) is 0 Å². The highest BCUT2D eigenvalue weighted by molar-refractivity contribution is 7.16. The fourth-order valence-electron chi connectivity index (χ4n) is 1.77. The minimum absolute atomic E-state index is 0.278. The number of fused-ring (bicyclic) bond motifs is 1. The van der Waals surface area contributed by atoms with E-state index in [0.29, 0.717) is 12.0 Å². The zero-order chi connectivity index (χ0) is 10.5. The lowest BCUT2D eigenvalue weighted by Gasteiger charge is -2.06. The van der Waals surface area contributed by atoms with E-state index in [1.807, 2.05) is 12.1 Å². The van der Waals surface area contributed by atoms with Gasteiger partial charge in [-0.05, 0) is 24.5 Å². The Morgan fingerprint density at radius 1 is 1.47 bits per heavy atom. The van der Waals surface area contributed by atoms with Crippen LogP contribution in [-0.4, -0.2) is 10.7 Å². The van der Waals surface area contributed by atoms with E-state index in [9.17, 15) is 9.90 Å². The quantitative estimate of drug-likeness (QED) is 0.844. The van der Waals surface area contributed by atoms with Crippen LogP contribution in [0, 0.1) is 0 Å². The van der Waals surface area contributed by atoms with Crippen molar-refractivity contribution >= 4 is 21.6 Å². The van der Waals surface area contributed by atoms with Crippen molar-refractivity contribution in [3.05, 3.63) is 33.5 Å². The summed E-state index contributed by atoms with van der Waals surface area (Å²) in [4.78, 5) is 10.8. The molecular weight excluding hydrogens is 212 g/mol. The Morgan fingerprint density at radius 3 is 3.00 bits per heavy atom. The molecule has 3 nitrogen and oxygen atoms in total. The topological polar surface area (TPSA) is 50.4 Å². The summed E-state index contributed by atoms with van der Waals surface area (Å²) >= 11 is 1.11. The molecule has 1 aliphatic rings. The van der Waals surface area contributed by atoms with E-state index in [2.05, 4.69) is 0 Å². The molecule has 0 aliphatic heterocycles. The third-order valence-electron chi connectivity index (χ3n) is 2.79. The van der Waals surface area contributed by atoms with Crippen LogP contribution in [0.3, 0.4) is 0 Å². The van der Waals surface area contributed by atoms with Gasteiger partial charge in [-0.2, -0.15) is 0 Å². The molecule has 0 bridgehead atoms. The van der Waals surface area contributed by atoms with Crippen LogP contribution in [0.1, 0.15) is 18.4 Å². The number of aliphatic hydroxyl groups is 1. The molecule has 1 heterocycles. The molecule has 3 rings (SSSR count). The fraction of sp³-hybridized carbons (Fsp3) is 0.364. The average molecular weight is 222 g/mol. The van der Waals surface area contributed by atoms with E-state index in [1.54, 1.807) is 6.07 Å². The molecule has 2 aromatic rings. The molecule has 1 aliphatic carbocycles. The minimum Gasteiger partial charge on any atom is -0.414 e. The summed E-state index contributed by atoms with van der Waals surface area (Å²) in [6.07, 6.45) is 2.34. The van der Waals surface area contributed by atoms with Crippen LogP contribution in [0.4, 0.5) is 0 Å². The minimum atomic E-state index is -0.526. The normalized spacial score (nSPS) is 18.2. The second kappa shape index (κ2) is 2.93. The van der Waals surface area contributed by atoms with Gasteiger partial charge in [0, 0.05) is 6.42 Å². The first-order valence-electron chi connectivity index (χ1n) is 4.90. The summed E-state index contributed by atoms with van der Waals surface area (Å²) in [5.41, 5.74) is 1.12. The van der Waals surface area contributed by atoms with E-state index in [0.717, 1.165) is 34.4 Å². The number of rotatable bonds is 2. The second-order valence-electron chi connectivity index (χ2n) is 4.10. The van der Waals surface area contributed by atoms with E-state index in [1.165, 1.54) is 0 Å². The highest BCUT2D eigenvalue weighted by Gasteiger charge is 2.40. The van der Waals surface area contributed by atoms with Crippen LogP contribution in [-0.2, 0) is 6.42 Å². The molecule has 15 heavy (non-hydrogen) atoms. The molecule has 0 spiro atoms. The maximum absolute atomic E-state index is 11.1. The third kappa shape index (κ3) is 1.60. The largest absolute Gasteiger partial charge is 0.414 e. The highest BCUT2D eigenvalue weighted by atomic mass is 32.1. The van der Waals surface area contributed by atoms with Gasteiger partial charge in [-0.3, -0.25) is 0 Å². The first-order valence-corrected chi connectivity index (χ1v) is 5.72. The Kier molecular flexibility index (Phi) is 1.78. The Morgan fingerprint density at radius 2 is 2.27 bits per heavy atom. The number of benzene rings is 1. The zero-order valence-corrected chi connectivity index (χ0v) is 8.84. The van der Waals surface area contributed by atoms with Crippen molar-refractivity contribution < 1.29 is 9.52 Å². The molecule has 1 saturated carbocycles. The Bertz CT molecular complexity index is 562. The van der Waals surface area contributed by atoms with Crippen LogP contribution < -0.4 is 4.94 Å². The van der Waals surface area contributed by atoms with Gasteiger partial charge in [-0.15, -0.1) is 0 Å². The summed E-state index contributed by atoms with van der Waals surface area (Å²) in [7, 11) is 0. The average Bonchev–Trinajstić information content (AvgIpc) is 2.76. The van der Waals surface area contributed by atoms with Crippen LogP contribution >= 0.6 is 11.3 Å². The van der Waals surface area contributed by atoms with E-state index < -0.39 is 5.60 Å². The standard InChI is InChI=1S/C11H10O3S/c12-10-14-8-3-1-2-7(9(8)15-10)6-11(13)4-5-11/h1-3,13H,4-6H2. The van der Waals surface area contributed by atoms with Crippen molar-refractivity contribution in [3.63, 3.8) is 0 Å². The molecule has 0 unspecified atom stereocenters. The van der Waals surface area contributed by atoms with Crippen LogP contribution in [0.5, 0.6) is 0 Å². The highest BCUT2D eigenvalue weighted by Crippen LogP contribution is 2.39. The van der Waals surface area contributed by atoms with Gasteiger partial charge in [0.15, 0.2) is 0 Å². The van der Waals surface area contributed by atoms with Crippen molar-refractivity contribution in [1.82, 2.24) is 0 Å². The van der Waals surface area contributed by atoms with Crippen LogP contribution in [0.15, 0.2) is 27.4 Å². The smallest absolute Gasteiger partial charge is 0.396 e. The van der Waals surface area contributed by atoms with Gasteiger partial charge >= 0.3 is 4.94 Å². The van der Waals surface area contributed by atoms with Gasteiger partial charge in [0.1, 0.15) is 5.58 Å². The summed E-state index contributed by atoms with van der Waals surface area (Å²) < 4.78 is 5.90. The lowest BCUT2D eigenvalue weighted by Crippen LogP contribution is -2.10. The molecule has 78 valence electrons. The Balaban J connectivity index is 2.12. The van der Waals surface area contributed by atoms with Gasteiger partial charge < -0.3 is 9.52 Å². The Hall–Kier alpha value is -1.13. The van der Waals surface area contributed by atoms with Crippen molar-refractivity contribution in [1.29, 1.82) is 0 Å². The van der Waals surface area contributed by atoms with Gasteiger partial charge in [0.05, 0.1) is 10.3 Å². The number of hydrogen-bond donors (Lipinski definition) is 1.